The molecule has 0 aliphatic carbocycles. The van der Waals surface area contributed by atoms with E-state index in [-0.39, 0.29) is 22.5 Å². The smallest absolute Gasteiger partial charge is 0.292 e. The number of hydrogen-bond acceptors (Lipinski definition) is 4. The van der Waals surface area contributed by atoms with Gasteiger partial charge in [0.15, 0.2) is 0 Å². The zero-order chi connectivity index (χ0) is 15.5. The van der Waals surface area contributed by atoms with E-state index in [1.54, 1.807) is 30.3 Å². The van der Waals surface area contributed by atoms with Gasteiger partial charge >= 0.3 is 0 Å². The van der Waals surface area contributed by atoms with Crippen LogP contribution in [-0.4, -0.2) is 24.6 Å². The molecule has 1 atom stereocenters. The van der Waals surface area contributed by atoms with E-state index in [2.05, 4.69) is 5.32 Å². The van der Waals surface area contributed by atoms with Gasteiger partial charge in [0.05, 0.1) is 4.92 Å². The van der Waals surface area contributed by atoms with Gasteiger partial charge in [0.25, 0.3) is 5.69 Å². The van der Waals surface area contributed by atoms with Crippen LogP contribution in [0.2, 0.25) is 0 Å². The lowest BCUT2D eigenvalue weighted by Crippen LogP contribution is -2.46. The van der Waals surface area contributed by atoms with Gasteiger partial charge in [-0.15, -0.1) is 0 Å². The van der Waals surface area contributed by atoms with Gasteiger partial charge in [-0.1, -0.05) is 24.3 Å². The Morgan fingerprint density at radius 1 is 1.18 bits per heavy atom. The van der Waals surface area contributed by atoms with Gasteiger partial charge in [-0.25, -0.2) is 4.39 Å². The minimum Gasteiger partial charge on any atom is -0.363 e. The third kappa shape index (κ3) is 2.92. The first-order valence-corrected chi connectivity index (χ1v) is 7.12. The third-order valence-corrected chi connectivity index (χ3v) is 3.87. The Morgan fingerprint density at radius 3 is 2.64 bits per heavy atom. The molecule has 1 heterocycles. The van der Waals surface area contributed by atoms with Gasteiger partial charge in [-0.2, -0.15) is 0 Å². The van der Waals surface area contributed by atoms with Crippen LogP contribution in [0.1, 0.15) is 11.6 Å². The second kappa shape index (κ2) is 6.11. The number of nitrogens with one attached hydrogen (secondary N) is 1. The van der Waals surface area contributed by atoms with Gasteiger partial charge in [0, 0.05) is 31.7 Å². The van der Waals surface area contributed by atoms with Crippen molar-refractivity contribution >= 4 is 11.4 Å². The lowest BCUT2D eigenvalue weighted by molar-refractivity contribution is -0.384. The number of hydrogen-bond donors (Lipinski definition) is 1. The molecule has 0 bridgehead atoms. The van der Waals surface area contributed by atoms with Crippen molar-refractivity contribution in [1.29, 1.82) is 0 Å². The van der Waals surface area contributed by atoms with Crippen LogP contribution < -0.4 is 10.2 Å². The molecule has 2 aromatic rings. The average molecular weight is 301 g/mol. The van der Waals surface area contributed by atoms with Crippen LogP contribution in [0.3, 0.4) is 0 Å². The summed E-state index contributed by atoms with van der Waals surface area (Å²) in [5, 5.41) is 14.5. The second-order valence-corrected chi connectivity index (χ2v) is 5.25. The molecule has 1 aliphatic rings. The predicted molar refractivity (Wildman–Crippen MR) is 82.5 cm³/mol. The summed E-state index contributed by atoms with van der Waals surface area (Å²) in [6.45, 7) is 2.02. The normalized spacial score (nSPS) is 18.2. The van der Waals surface area contributed by atoms with Crippen LogP contribution in [0.25, 0.3) is 0 Å². The van der Waals surface area contributed by atoms with Crippen molar-refractivity contribution in [2.75, 3.05) is 24.5 Å². The monoisotopic (exact) mass is 301 g/mol. The number of anilines is 1. The number of nitro benzene ring substituents is 1. The van der Waals surface area contributed by atoms with Gasteiger partial charge in [-0.3, -0.25) is 10.1 Å². The summed E-state index contributed by atoms with van der Waals surface area (Å²) >= 11 is 0. The first-order valence-electron chi connectivity index (χ1n) is 7.12. The highest BCUT2D eigenvalue weighted by Crippen LogP contribution is 2.30. The Hall–Kier alpha value is -2.47. The highest BCUT2D eigenvalue weighted by atomic mass is 19.1. The Morgan fingerprint density at radius 2 is 1.91 bits per heavy atom. The third-order valence-electron chi connectivity index (χ3n) is 3.87. The van der Waals surface area contributed by atoms with E-state index in [1.165, 1.54) is 18.2 Å². The van der Waals surface area contributed by atoms with Crippen molar-refractivity contribution in [2.45, 2.75) is 6.04 Å². The molecule has 1 N–H and O–H groups in total. The molecule has 1 aliphatic heterocycles. The Kier molecular flexibility index (Phi) is 4.02. The summed E-state index contributed by atoms with van der Waals surface area (Å²) in [6, 6.07) is 13.1. The number of halogens is 1. The minimum atomic E-state index is -0.357. The molecule has 0 saturated carbocycles. The summed E-state index contributed by atoms with van der Waals surface area (Å²) in [4.78, 5) is 12.8. The van der Waals surface area contributed by atoms with Gasteiger partial charge < -0.3 is 10.2 Å². The van der Waals surface area contributed by atoms with Crippen LogP contribution in [0.4, 0.5) is 15.8 Å². The molecule has 22 heavy (non-hydrogen) atoms. The van der Waals surface area contributed by atoms with Gasteiger partial charge in [0.1, 0.15) is 11.5 Å². The molecule has 1 fully saturated rings. The molecule has 2 aromatic carbocycles. The largest absolute Gasteiger partial charge is 0.363 e. The van der Waals surface area contributed by atoms with Crippen LogP contribution in [-0.2, 0) is 0 Å². The fourth-order valence-corrected chi connectivity index (χ4v) is 2.77. The van der Waals surface area contributed by atoms with Crippen molar-refractivity contribution < 1.29 is 9.31 Å². The average Bonchev–Trinajstić information content (AvgIpc) is 2.55. The van der Waals surface area contributed by atoms with Crippen molar-refractivity contribution in [3.05, 3.63) is 70.0 Å². The predicted octanol–water partition coefficient (Wildman–Crippen LogP) is 2.88. The molecule has 0 spiro atoms. The van der Waals surface area contributed by atoms with E-state index >= 15 is 0 Å². The van der Waals surface area contributed by atoms with Crippen LogP contribution >= 0.6 is 0 Å². The highest BCUT2D eigenvalue weighted by Gasteiger charge is 2.25. The number of para-hydroxylation sites is 2. The summed E-state index contributed by atoms with van der Waals surface area (Å²) < 4.78 is 13.0. The maximum absolute atomic E-state index is 13.0. The molecule has 0 unspecified atom stereocenters. The summed E-state index contributed by atoms with van der Waals surface area (Å²) in [6.07, 6.45) is 0. The molecular weight excluding hydrogens is 285 g/mol. The molecule has 114 valence electrons. The maximum Gasteiger partial charge on any atom is 0.292 e. The second-order valence-electron chi connectivity index (χ2n) is 5.25. The van der Waals surface area contributed by atoms with E-state index in [0.717, 1.165) is 5.56 Å². The molecule has 3 rings (SSSR count). The van der Waals surface area contributed by atoms with E-state index in [1.807, 2.05) is 4.90 Å². The molecule has 0 amide bonds. The Labute approximate surface area is 127 Å². The number of nitro groups is 1. The number of rotatable bonds is 3. The molecule has 0 aromatic heterocycles. The van der Waals surface area contributed by atoms with E-state index in [9.17, 15) is 14.5 Å². The van der Waals surface area contributed by atoms with E-state index in [0.29, 0.717) is 25.3 Å². The van der Waals surface area contributed by atoms with Crippen molar-refractivity contribution in [3.8, 4) is 0 Å². The van der Waals surface area contributed by atoms with E-state index in [4.69, 9.17) is 0 Å². The van der Waals surface area contributed by atoms with Gasteiger partial charge in [-0.05, 0) is 23.8 Å². The summed E-state index contributed by atoms with van der Waals surface area (Å²) in [5.41, 5.74) is 1.72. The minimum absolute atomic E-state index is 0.0224. The van der Waals surface area contributed by atoms with Crippen LogP contribution in [0.5, 0.6) is 0 Å². The lowest BCUT2D eigenvalue weighted by atomic mass is 10.0. The highest BCUT2D eigenvalue weighted by molar-refractivity contribution is 5.63. The van der Waals surface area contributed by atoms with Gasteiger partial charge in [0.2, 0.25) is 0 Å². The van der Waals surface area contributed by atoms with Crippen molar-refractivity contribution in [3.63, 3.8) is 0 Å². The molecule has 0 radical (unpaired) electrons. The topological polar surface area (TPSA) is 58.4 Å². The Balaban J connectivity index is 1.84. The van der Waals surface area contributed by atoms with E-state index < -0.39 is 0 Å². The molecular formula is C16H16FN3O2. The fraction of sp³-hybridized carbons (Fsp3) is 0.250. The zero-order valence-electron chi connectivity index (χ0n) is 11.9. The van der Waals surface area contributed by atoms with Crippen LogP contribution in [0.15, 0.2) is 48.5 Å². The molecule has 5 nitrogen and oxygen atoms in total. The fourth-order valence-electron chi connectivity index (χ4n) is 2.77. The van der Waals surface area contributed by atoms with Crippen molar-refractivity contribution in [2.24, 2.45) is 0 Å². The summed E-state index contributed by atoms with van der Waals surface area (Å²) in [7, 11) is 0. The van der Waals surface area contributed by atoms with Crippen molar-refractivity contribution in [1.82, 2.24) is 5.32 Å². The Bertz CT molecular complexity index is 675. The molecule has 6 heteroatoms. The molecule has 1 saturated heterocycles. The number of benzene rings is 2. The first kappa shape index (κ1) is 14.5. The first-order chi connectivity index (χ1) is 10.6. The lowest BCUT2D eigenvalue weighted by Gasteiger charge is -2.35. The summed E-state index contributed by atoms with van der Waals surface area (Å²) in [5.74, 6) is -0.268. The number of piperazine rings is 1. The maximum atomic E-state index is 13.0. The number of nitrogens with zero attached hydrogens (tertiary/aromatic N) is 2. The van der Waals surface area contributed by atoms with Crippen LogP contribution in [0, 0.1) is 15.9 Å². The quantitative estimate of drug-likeness (QED) is 0.699. The standard InChI is InChI=1S/C16H16FN3O2/c17-13-7-5-12(6-8-13)14-11-19(10-9-18-14)15-3-1-2-4-16(15)20(21)22/h1-8,14,18H,9-11H2/t14-/m0/s1. The zero-order valence-corrected chi connectivity index (χ0v) is 11.9. The SMILES string of the molecule is O=[N+]([O-])c1ccccc1N1CCN[C@H](c2ccc(F)cc2)C1.